The van der Waals surface area contributed by atoms with Crippen molar-refractivity contribution in [3.63, 3.8) is 0 Å². The molecule has 0 saturated carbocycles. The summed E-state index contributed by atoms with van der Waals surface area (Å²) in [6, 6.07) is 17.5. The first kappa shape index (κ1) is 18.7. The third-order valence-electron chi connectivity index (χ3n) is 4.80. The fourth-order valence-electron chi connectivity index (χ4n) is 3.33. The van der Waals surface area contributed by atoms with Crippen molar-refractivity contribution in [2.45, 2.75) is 19.1 Å². The molecule has 3 aromatic rings. The molecule has 148 valence electrons. The SMILES string of the molecule is COc1ccc([C@@H]2CC(=O)c3c(O)cc(OCc4ccccc4)cc3O2)cc1O. The van der Waals surface area contributed by atoms with Crippen LogP contribution in [0.2, 0.25) is 0 Å². The smallest absolute Gasteiger partial charge is 0.174 e. The van der Waals surface area contributed by atoms with Gasteiger partial charge in [0.25, 0.3) is 0 Å². The standard InChI is InChI=1S/C23H20O6/c1-27-20-8-7-15(9-17(20)24)21-12-19(26)23-18(25)10-16(11-22(23)29-21)28-13-14-5-3-2-4-6-14/h2-11,21,24-25H,12-13H2,1H3/t21-/m0/s1. The van der Waals surface area contributed by atoms with Gasteiger partial charge < -0.3 is 24.4 Å². The third-order valence-corrected chi connectivity index (χ3v) is 4.80. The molecule has 0 unspecified atom stereocenters. The molecule has 3 aromatic carbocycles. The predicted molar refractivity (Wildman–Crippen MR) is 106 cm³/mol. The van der Waals surface area contributed by atoms with Crippen LogP contribution in [-0.4, -0.2) is 23.1 Å². The van der Waals surface area contributed by atoms with Crippen LogP contribution in [0.25, 0.3) is 0 Å². The molecule has 1 aliphatic heterocycles. The van der Waals surface area contributed by atoms with E-state index in [1.54, 1.807) is 18.2 Å². The lowest BCUT2D eigenvalue weighted by molar-refractivity contribution is 0.0844. The molecule has 6 heteroatoms. The van der Waals surface area contributed by atoms with Gasteiger partial charge in [-0.15, -0.1) is 0 Å². The van der Waals surface area contributed by atoms with E-state index in [-0.39, 0.29) is 35.0 Å². The number of methoxy groups -OCH3 is 1. The number of rotatable bonds is 5. The minimum absolute atomic E-state index is 0.0327. The van der Waals surface area contributed by atoms with Gasteiger partial charge in [-0.05, 0) is 23.3 Å². The number of carbonyl (C=O) groups is 1. The fraction of sp³-hybridized carbons (Fsp3) is 0.174. The van der Waals surface area contributed by atoms with Crippen LogP contribution < -0.4 is 14.2 Å². The maximum atomic E-state index is 12.6. The summed E-state index contributed by atoms with van der Waals surface area (Å²) < 4.78 is 16.8. The summed E-state index contributed by atoms with van der Waals surface area (Å²) in [6.07, 6.45) is -0.535. The van der Waals surface area contributed by atoms with Gasteiger partial charge in [0.05, 0.1) is 13.5 Å². The minimum atomic E-state index is -0.587. The molecule has 0 saturated heterocycles. The van der Waals surface area contributed by atoms with Gasteiger partial charge in [-0.2, -0.15) is 0 Å². The summed E-state index contributed by atoms with van der Waals surface area (Å²) in [5, 5.41) is 20.4. The van der Waals surface area contributed by atoms with Gasteiger partial charge in [0.2, 0.25) is 0 Å². The van der Waals surface area contributed by atoms with Crippen molar-refractivity contribution in [2.75, 3.05) is 7.11 Å². The number of fused-ring (bicyclic) bond motifs is 1. The molecule has 0 aromatic heterocycles. The van der Waals surface area contributed by atoms with Gasteiger partial charge >= 0.3 is 0 Å². The highest BCUT2D eigenvalue weighted by Crippen LogP contribution is 2.43. The van der Waals surface area contributed by atoms with E-state index in [1.807, 2.05) is 30.3 Å². The first-order chi connectivity index (χ1) is 14.0. The van der Waals surface area contributed by atoms with Crippen LogP contribution in [0.15, 0.2) is 60.7 Å². The Hall–Kier alpha value is -3.67. The number of benzene rings is 3. The molecule has 0 spiro atoms. The van der Waals surface area contributed by atoms with Crippen LogP contribution in [0.5, 0.6) is 28.7 Å². The quantitative estimate of drug-likeness (QED) is 0.670. The second-order valence-corrected chi connectivity index (χ2v) is 6.75. The van der Waals surface area contributed by atoms with E-state index in [9.17, 15) is 15.0 Å². The Labute approximate surface area is 167 Å². The Morgan fingerprint density at radius 2 is 1.83 bits per heavy atom. The zero-order valence-electron chi connectivity index (χ0n) is 15.8. The normalized spacial score (nSPS) is 15.3. The number of ether oxygens (including phenoxy) is 3. The molecule has 0 aliphatic carbocycles. The second-order valence-electron chi connectivity index (χ2n) is 6.75. The molecular formula is C23H20O6. The number of phenolic OH excluding ortho intramolecular Hbond substituents is 2. The van der Waals surface area contributed by atoms with Crippen molar-refractivity contribution >= 4 is 5.78 Å². The van der Waals surface area contributed by atoms with E-state index in [2.05, 4.69) is 0 Å². The average Bonchev–Trinajstić information content (AvgIpc) is 2.72. The van der Waals surface area contributed by atoms with Gasteiger partial charge in [-0.25, -0.2) is 0 Å². The number of hydrogen-bond donors (Lipinski definition) is 2. The number of carbonyl (C=O) groups excluding carboxylic acids is 1. The van der Waals surface area contributed by atoms with Crippen LogP contribution in [0.3, 0.4) is 0 Å². The number of Topliss-reactive ketones (excluding diaryl/α,β-unsaturated/α-hetero) is 1. The van der Waals surface area contributed by atoms with Crippen molar-refractivity contribution in [3.05, 3.63) is 77.4 Å². The summed E-state index contributed by atoms with van der Waals surface area (Å²) in [7, 11) is 1.46. The molecule has 0 amide bonds. The first-order valence-corrected chi connectivity index (χ1v) is 9.15. The number of ketones is 1. The Kier molecular flexibility index (Phi) is 4.99. The van der Waals surface area contributed by atoms with E-state index in [0.717, 1.165) is 5.56 Å². The van der Waals surface area contributed by atoms with Crippen molar-refractivity contribution in [1.29, 1.82) is 0 Å². The van der Waals surface area contributed by atoms with Crippen molar-refractivity contribution in [1.82, 2.24) is 0 Å². The third kappa shape index (κ3) is 3.82. The van der Waals surface area contributed by atoms with Crippen molar-refractivity contribution < 1.29 is 29.2 Å². The van der Waals surface area contributed by atoms with E-state index in [0.29, 0.717) is 23.7 Å². The molecule has 0 bridgehead atoms. The first-order valence-electron chi connectivity index (χ1n) is 9.15. The minimum Gasteiger partial charge on any atom is -0.507 e. The zero-order valence-corrected chi connectivity index (χ0v) is 15.8. The topological polar surface area (TPSA) is 85.2 Å². The average molecular weight is 392 g/mol. The van der Waals surface area contributed by atoms with Crippen LogP contribution in [0, 0.1) is 0 Å². The molecule has 6 nitrogen and oxygen atoms in total. The summed E-state index contributed by atoms with van der Waals surface area (Å²) >= 11 is 0. The molecule has 0 radical (unpaired) electrons. The molecule has 1 atom stereocenters. The number of aromatic hydroxyl groups is 2. The van der Waals surface area contributed by atoms with E-state index < -0.39 is 6.10 Å². The monoisotopic (exact) mass is 392 g/mol. The van der Waals surface area contributed by atoms with E-state index in [1.165, 1.54) is 19.2 Å². The van der Waals surface area contributed by atoms with Crippen LogP contribution in [0.4, 0.5) is 0 Å². The van der Waals surface area contributed by atoms with Gasteiger partial charge in [0, 0.05) is 12.1 Å². The summed E-state index contributed by atoms with van der Waals surface area (Å²) in [5.74, 6) is 0.547. The Bertz CT molecular complexity index is 1040. The summed E-state index contributed by atoms with van der Waals surface area (Å²) in [6.45, 7) is 0.322. The Morgan fingerprint density at radius 3 is 2.55 bits per heavy atom. The molecule has 0 fully saturated rings. The molecule has 2 N–H and O–H groups in total. The lowest BCUT2D eigenvalue weighted by atomic mass is 9.95. The Morgan fingerprint density at radius 1 is 1.03 bits per heavy atom. The zero-order chi connectivity index (χ0) is 20.4. The van der Waals surface area contributed by atoms with Gasteiger partial charge in [0.15, 0.2) is 17.3 Å². The largest absolute Gasteiger partial charge is 0.507 e. The number of hydrogen-bond acceptors (Lipinski definition) is 6. The fourth-order valence-corrected chi connectivity index (χ4v) is 3.33. The van der Waals surface area contributed by atoms with E-state index >= 15 is 0 Å². The molecule has 4 rings (SSSR count). The van der Waals surface area contributed by atoms with Crippen LogP contribution in [0.1, 0.15) is 34.0 Å². The number of phenols is 2. The highest BCUT2D eigenvalue weighted by molar-refractivity contribution is 6.02. The summed E-state index contributed by atoms with van der Waals surface area (Å²) in [5.41, 5.74) is 1.76. The highest BCUT2D eigenvalue weighted by Gasteiger charge is 2.31. The second kappa shape index (κ2) is 7.75. The van der Waals surface area contributed by atoms with Gasteiger partial charge in [0.1, 0.15) is 35.5 Å². The summed E-state index contributed by atoms with van der Waals surface area (Å²) in [4.78, 5) is 12.6. The molecular weight excluding hydrogens is 372 g/mol. The lowest BCUT2D eigenvalue weighted by Gasteiger charge is -2.26. The van der Waals surface area contributed by atoms with E-state index in [4.69, 9.17) is 14.2 Å². The van der Waals surface area contributed by atoms with Crippen LogP contribution >= 0.6 is 0 Å². The van der Waals surface area contributed by atoms with Crippen LogP contribution in [-0.2, 0) is 6.61 Å². The molecule has 29 heavy (non-hydrogen) atoms. The van der Waals surface area contributed by atoms with Gasteiger partial charge in [-0.3, -0.25) is 4.79 Å². The Balaban J connectivity index is 1.59. The lowest BCUT2D eigenvalue weighted by Crippen LogP contribution is -2.20. The van der Waals surface area contributed by atoms with Crippen molar-refractivity contribution in [2.24, 2.45) is 0 Å². The van der Waals surface area contributed by atoms with Crippen molar-refractivity contribution in [3.8, 4) is 28.7 Å². The maximum Gasteiger partial charge on any atom is 0.174 e. The highest BCUT2D eigenvalue weighted by atomic mass is 16.5. The predicted octanol–water partition coefficient (Wildman–Crippen LogP) is 4.39. The molecule has 1 aliphatic rings. The maximum absolute atomic E-state index is 12.6. The van der Waals surface area contributed by atoms with Gasteiger partial charge in [-0.1, -0.05) is 36.4 Å². The molecule has 1 heterocycles.